The summed E-state index contributed by atoms with van der Waals surface area (Å²) < 4.78 is 3.34. The highest BCUT2D eigenvalue weighted by atomic mass is 16.2. The summed E-state index contributed by atoms with van der Waals surface area (Å²) in [5, 5.41) is 38.8. The zero-order valence-electron chi connectivity index (χ0n) is 32.1. The van der Waals surface area contributed by atoms with E-state index in [1.165, 1.54) is 12.6 Å². The lowest BCUT2D eigenvalue weighted by atomic mass is 9.79. The van der Waals surface area contributed by atoms with Crippen LogP contribution >= 0.6 is 0 Å². The smallest absolute Gasteiger partial charge is 0.328 e. The molecule has 292 valence electrons. The Morgan fingerprint density at radius 3 is 2.58 bits per heavy atom. The second-order valence-corrected chi connectivity index (χ2v) is 15.1. The number of fused-ring (bicyclic) bond motifs is 1. The maximum atomic E-state index is 12.3. The fourth-order valence-electron chi connectivity index (χ4n) is 8.25. The van der Waals surface area contributed by atoms with Gasteiger partial charge in [-0.1, -0.05) is 12.1 Å². The molecule has 5 aromatic heterocycles. The maximum Gasteiger partial charge on any atom is 0.328 e. The van der Waals surface area contributed by atoms with E-state index in [9.17, 15) is 20.1 Å². The molecule has 0 aromatic carbocycles. The van der Waals surface area contributed by atoms with E-state index in [1.807, 2.05) is 24.4 Å². The van der Waals surface area contributed by atoms with Crippen LogP contribution in [0, 0.1) is 28.6 Å². The molecule has 0 bridgehead atoms. The van der Waals surface area contributed by atoms with Crippen LogP contribution in [0.15, 0.2) is 55.2 Å². The molecular weight excluding hydrogens is 723 g/mol. The van der Waals surface area contributed by atoms with E-state index in [4.69, 9.17) is 4.98 Å². The lowest BCUT2D eigenvalue weighted by Gasteiger charge is -2.42. The fraction of sp³-hybridized carbons (Fsp3) is 0.450. The van der Waals surface area contributed by atoms with Crippen LogP contribution in [0.5, 0.6) is 0 Å². The molecule has 5 aromatic rings. The van der Waals surface area contributed by atoms with E-state index in [2.05, 4.69) is 64.9 Å². The van der Waals surface area contributed by atoms with E-state index in [0.717, 1.165) is 75.2 Å². The highest BCUT2D eigenvalue weighted by Crippen LogP contribution is 2.37. The average Bonchev–Trinajstić information content (AvgIpc) is 3.91. The number of nitrogens with zero attached hydrogens (tertiary/aromatic N) is 13. The number of hydrogen-bond acceptors (Lipinski definition) is 13. The van der Waals surface area contributed by atoms with Gasteiger partial charge in [-0.3, -0.25) is 19.9 Å². The van der Waals surface area contributed by atoms with Gasteiger partial charge in [-0.15, -0.1) is 5.10 Å². The van der Waals surface area contributed by atoms with Crippen LogP contribution in [-0.2, 0) is 4.79 Å². The standard InChI is InChI=1S/C40H45N15O2/c1-3-31-24-51(14-15-52(31)36-9-8-32(22-43-36)53-13-11-38(56)48-40(53)57)12-10-27-4-6-29(7-5-27)34-25-54(50-49-34)35-23-44-37(17-33(35)47-26(2)18-41)55-39-30(21-46-55)16-28(19-42)20-45-39/h8-9,16-17,20-23,25-27,29,31H,3-7,10-15,24H2,1-2H3,(H,44,47)(H,48,56,57)/t26-,27?,29?,31-/m1/s1. The van der Waals surface area contributed by atoms with Crippen LogP contribution in [0.3, 0.4) is 0 Å². The minimum atomic E-state index is -0.471. The number of amides is 3. The van der Waals surface area contributed by atoms with Crippen molar-refractivity contribution in [3.63, 3.8) is 0 Å². The molecule has 2 saturated heterocycles. The first kappa shape index (κ1) is 37.5. The number of anilines is 3. The normalized spacial score (nSPS) is 20.9. The quantitative estimate of drug-likeness (QED) is 0.187. The van der Waals surface area contributed by atoms with Gasteiger partial charge in [-0.25, -0.2) is 24.4 Å². The molecule has 7 heterocycles. The Hall–Kier alpha value is -6.46. The van der Waals surface area contributed by atoms with E-state index in [0.29, 0.717) is 58.5 Å². The predicted molar refractivity (Wildman–Crippen MR) is 212 cm³/mol. The molecule has 0 spiro atoms. The molecule has 3 fully saturated rings. The van der Waals surface area contributed by atoms with Crippen molar-refractivity contribution >= 4 is 40.2 Å². The number of aromatic nitrogens is 8. The highest BCUT2D eigenvalue weighted by molar-refractivity contribution is 6.05. The summed E-state index contributed by atoms with van der Waals surface area (Å²) in [7, 11) is 0. The fourth-order valence-corrected chi connectivity index (χ4v) is 8.25. The SMILES string of the molecule is CC[C@@H]1CN(CCC2CCC(c3cn(-c4cnc(-n5ncc6cc(C#N)cnc65)cc4N[C@H](C)C#N)nn3)CC2)CCN1c1ccc(N2CCC(=O)NC2=O)cn1. The summed E-state index contributed by atoms with van der Waals surface area (Å²) in [5.41, 5.74) is 4.02. The molecule has 17 heteroatoms. The molecule has 2 atom stereocenters. The summed E-state index contributed by atoms with van der Waals surface area (Å²) in [6, 6.07) is 11.3. The number of urea groups is 1. The molecule has 3 aliphatic rings. The largest absolute Gasteiger partial charge is 0.368 e. The lowest BCUT2D eigenvalue weighted by molar-refractivity contribution is -0.120. The number of imide groups is 1. The van der Waals surface area contributed by atoms with E-state index >= 15 is 0 Å². The Bertz CT molecular complexity index is 2330. The molecule has 8 rings (SSSR count). The van der Waals surface area contributed by atoms with Crippen LogP contribution in [0.25, 0.3) is 22.5 Å². The van der Waals surface area contributed by atoms with Gasteiger partial charge in [0.15, 0.2) is 11.5 Å². The summed E-state index contributed by atoms with van der Waals surface area (Å²) >= 11 is 0. The van der Waals surface area contributed by atoms with Crippen LogP contribution in [0.1, 0.15) is 76.0 Å². The molecule has 1 saturated carbocycles. The third-order valence-corrected chi connectivity index (χ3v) is 11.5. The predicted octanol–water partition coefficient (Wildman–Crippen LogP) is 4.70. The van der Waals surface area contributed by atoms with Gasteiger partial charge < -0.3 is 10.2 Å². The van der Waals surface area contributed by atoms with Crippen LogP contribution < -0.4 is 20.4 Å². The lowest BCUT2D eigenvalue weighted by Crippen LogP contribution is -2.53. The molecule has 2 N–H and O–H groups in total. The maximum absolute atomic E-state index is 12.3. The Kier molecular flexibility index (Phi) is 10.7. The monoisotopic (exact) mass is 767 g/mol. The number of nitriles is 2. The minimum Gasteiger partial charge on any atom is -0.368 e. The van der Waals surface area contributed by atoms with Crippen molar-refractivity contribution in [3.8, 4) is 23.6 Å². The third kappa shape index (κ3) is 7.97. The van der Waals surface area contributed by atoms with Crippen molar-refractivity contribution in [2.75, 3.05) is 47.8 Å². The molecule has 1 aliphatic carbocycles. The molecule has 17 nitrogen and oxygen atoms in total. The zero-order valence-corrected chi connectivity index (χ0v) is 32.1. The number of rotatable bonds is 11. The Labute approximate surface area is 330 Å². The highest BCUT2D eigenvalue weighted by Gasteiger charge is 2.30. The van der Waals surface area contributed by atoms with Crippen molar-refractivity contribution in [2.45, 2.75) is 76.8 Å². The van der Waals surface area contributed by atoms with Gasteiger partial charge in [-0.05, 0) is 76.1 Å². The average molecular weight is 768 g/mol. The molecule has 3 amide bonds. The number of pyridine rings is 3. The third-order valence-electron chi connectivity index (χ3n) is 11.5. The van der Waals surface area contributed by atoms with E-state index < -0.39 is 12.1 Å². The number of carbonyl (C=O) groups is 2. The second-order valence-electron chi connectivity index (χ2n) is 15.1. The van der Waals surface area contributed by atoms with Crippen molar-refractivity contribution in [1.82, 2.24) is 49.9 Å². The van der Waals surface area contributed by atoms with Crippen molar-refractivity contribution < 1.29 is 9.59 Å². The molecule has 57 heavy (non-hydrogen) atoms. The number of carbonyl (C=O) groups excluding carboxylic acids is 2. The minimum absolute atomic E-state index is 0.245. The summed E-state index contributed by atoms with van der Waals surface area (Å²) in [4.78, 5) is 44.2. The van der Waals surface area contributed by atoms with Crippen LogP contribution in [-0.4, -0.2) is 101 Å². The first-order chi connectivity index (χ1) is 27.8. The first-order valence-corrected chi connectivity index (χ1v) is 19.7. The summed E-state index contributed by atoms with van der Waals surface area (Å²) in [6.45, 7) is 8.33. The summed E-state index contributed by atoms with van der Waals surface area (Å²) in [6.07, 6.45) is 15.5. The van der Waals surface area contributed by atoms with Gasteiger partial charge in [0.05, 0.1) is 53.5 Å². The molecular formula is C40H45N15O2. The zero-order chi connectivity index (χ0) is 39.5. The second kappa shape index (κ2) is 16.3. The van der Waals surface area contributed by atoms with Crippen molar-refractivity contribution in [2.24, 2.45) is 5.92 Å². The van der Waals surface area contributed by atoms with Crippen molar-refractivity contribution in [3.05, 3.63) is 66.5 Å². The Morgan fingerprint density at radius 2 is 1.82 bits per heavy atom. The van der Waals surface area contributed by atoms with Gasteiger partial charge in [0.25, 0.3) is 0 Å². The van der Waals surface area contributed by atoms with Crippen molar-refractivity contribution in [1.29, 1.82) is 10.5 Å². The first-order valence-electron chi connectivity index (χ1n) is 19.7. The number of nitrogens with one attached hydrogen (secondary N) is 2. The Morgan fingerprint density at radius 1 is 0.982 bits per heavy atom. The van der Waals surface area contributed by atoms with E-state index in [-0.39, 0.29) is 12.3 Å². The summed E-state index contributed by atoms with van der Waals surface area (Å²) in [5.74, 6) is 2.19. The van der Waals surface area contributed by atoms with Gasteiger partial charge >= 0.3 is 6.03 Å². The van der Waals surface area contributed by atoms with Crippen LogP contribution in [0.4, 0.5) is 22.0 Å². The number of piperazine rings is 1. The van der Waals surface area contributed by atoms with Gasteiger partial charge in [-0.2, -0.15) is 20.3 Å². The van der Waals surface area contributed by atoms with E-state index in [1.54, 1.807) is 45.8 Å². The van der Waals surface area contributed by atoms with Gasteiger partial charge in [0.1, 0.15) is 23.6 Å². The topological polar surface area (TPSA) is 203 Å². The van der Waals surface area contributed by atoms with Crippen LogP contribution in [0.2, 0.25) is 0 Å². The molecule has 2 aliphatic heterocycles. The Balaban J connectivity index is 0.855. The molecule has 0 unspecified atom stereocenters. The van der Waals surface area contributed by atoms with Gasteiger partial charge in [0, 0.05) is 62.2 Å². The van der Waals surface area contributed by atoms with Gasteiger partial charge in [0.2, 0.25) is 5.91 Å². The molecule has 0 radical (unpaired) electrons. The number of hydrogen-bond donors (Lipinski definition) is 2.